The maximum Gasteiger partial charge on any atom is 0.407 e. The number of nitrogens with zero attached hydrogens (tertiary/aromatic N) is 1. The summed E-state index contributed by atoms with van der Waals surface area (Å²) in [5.41, 5.74) is 11.0. The lowest BCUT2D eigenvalue weighted by Gasteiger charge is -2.41. The van der Waals surface area contributed by atoms with E-state index in [1.807, 2.05) is 19.9 Å². The Hall–Kier alpha value is -1.97. The lowest BCUT2D eigenvalue weighted by Crippen LogP contribution is -2.48. The first-order valence-corrected chi connectivity index (χ1v) is 9.07. The van der Waals surface area contributed by atoms with Crippen LogP contribution < -0.4 is 5.73 Å². The number of benzene rings is 1. The zero-order valence-electron chi connectivity index (χ0n) is 14.7. The van der Waals surface area contributed by atoms with Gasteiger partial charge in [0.1, 0.15) is 0 Å². The third kappa shape index (κ3) is 3.28. The molecule has 1 aromatic carbocycles. The van der Waals surface area contributed by atoms with Crippen LogP contribution in [0.5, 0.6) is 0 Å². The molecule has 1 aliphatic carbocycles. The summed E-state index contributed by atoms with van der Waals surface area (Å²) in [5.74, 6) is 0.397. The minimum Gasteiger partial charge on any atom is -0.465 e. The fourth-order valence-corrected chi connectivity index (χ4v) is 4.42. The molecule has 0 bridgehead atoms. The second-order valence-corrected chi connectivity index (χ2v) is 7.38. The highest BCUT2D eigenvalue weighted by Gasteiger charge is 2.34. The molecule has 3 N–H and O–H groups in total. The maximum absolute atomic E-state index is 11.4. The normalized spacial score (nSPS) is 27.7. The number of likely N-dealkylation sites (tertiary alicyclic amines) is 1. The number of amides is 1. The number of carboxylic acid groups (broad SMARTS) is 1. The van der Waals surface area contributed by atoms with E-state index in [0.717, 1.165) is 31.4 Å². The summed E-state index contributed by atoms with van der Waals surface area (Å²) in [6.07, 6.45) is 8.03. The molecule has 2 unspecified atom stereocenters. The number of nitrogen functional groups attached to an aromatic ring is 1. The van der Waals surface area contributed by atoms with Gasteiger partial charge in [0.2, 0.25) is 0 Å². The van der Waals surface area contributed by atoms with Gasteiger partial charge >= 0.3 is 6.09 Å². The lowest BCUT2D eigenvalue weighted by molar-refractivity contribution is 0.0767. The molecule has 4 heteroatoms. The van der Waals surface area contributed by atoms with Crippen LogP contribution in [-0.2, 0) is 0 Å². The first-order valence-electron chi connectivity index (χ1n) is 9.07. The highest BCUT2D eigenvalue weighted by Crippen LogP contribution is 2.38. The maximum atomic E-state index is 11.4. The SMILES string of the molecule is CC1CC(c2ccc(N)c(C3=CCCCC3)c2)CC(C)N1C(=O)O. The van der Waals surface area contributed by atoms with Gasteiger partial charge in [-0.25, -0.2) is 4.79 Å². The molecular formula is C20H28N2O2. The predicted molar refractivity (Wildman–Crippen MR) is 98.1 cm³/mol. The summed E-state index contributed by atoms with van der Waals surface area (Å²) in [6, 6.07) is 6.51. The highest BCUT2D eigenvalue weighted by atomic mass is 16.4. The minimum absolute atomic E-state index is 0.0474. The van der Waals surface area contributed by atoms with E-state index in [1.54, 1.807) is 4.90 Å². The molecule has 2 aliphatic rings. The monoisotopic (exact) mass is 328 g/mol. The zero-order chi connectivity index (χ0) is 17.3. The fraction of sp³-hybridized carbons (Fsp3) is 0.550. The Bertz CT molecular complexity index is 641. The second kappa shape index (κ2) is 6.88. The average molecular weight is 328 g/mol. The van der Waals surface area contributed by atoms with Gasteiger partial charge < -0.3 is 15.7 Å². The first kappa shape index (κ1) is 16.9. The Labute approximate surface area is 144 Å². The first-order chi connectivity index (χ1) is 11.5. The standard InChI is InChI=1S/C20H28N2O2/c1-13-10-17(11-14(2)22(13)20(23)24)16-8-9-19(21)18(12-16)15-6-4-3-5-7-15/h6,8-9,12-14,17H,3-5,7,10-11,21H2,1-2H3,(H,23,24). The highest BCUT2D eigenvalue weighted by molar-refractivity contribution is 5.76. The summed E-state index contributed by atoms with van der Waals surface area (Å²) in [4.78, 5) is 13.0. The molecule has 0 aromatic heterocycles. The number of nitrogens with two attached hydrogens (primary N) is 1. The number of hydrogen-bond acceptors (Lipinski definition) is 2. The summed E-state index contributed by atoms with van der Waals surface area (Å²) in [5, 5.41) is 9.39. The van der Waals surface area contributed by atoms with Crippen LogP contribution in [0.3, 0.4) is 0 Å². The Morgan fingerprint density at radius 2 is 1.92 bits per heavy atom. The molecular weight excluding hydrogens is 300 g/mol. The van der Waals surface area contributed by atoms with Crippen molar-refractivity contribution in [2.75, 3.05) is 5.73 Å². The molecule has 24 heavy (non-hydrogen) atoms. The van der Waals surface area contributed by atoms with E-state index in [0.29, 0.717) is 5.92 Å². The van der Waals surface area contributed by atoms with E-state index in [9.17, 15) is 9.90 Å². The van der Waals surface area contributed by atoms with Gasteiger partial charge in [-0.1, -0.05) is 12.1 Å². The molecule has 4 nitrogen and oxygen atoms in total. The van der Waals surface area contributed by atoms with Gasteiger partial charge in [0, 0.05) is 23.3 Å². The van der Waals surface area contributed by atoms with Gasteiger partial charge in [-0.05, 0) is 81.6 Å². The molecule has 2 atom stereocenters. The Morgan fingerprint density at radius 1 is 1.21 bits per heavy atom. The van der Waals surface area contributed by atoms with Crippen molar-refractivity contribution in [2.24, 2.45) is 0 Å². The van der Waals surface area contributed by atoms with Gasteiger partial charge in [0.15, 0.2) is 0 Å². The molecule has 130 valence electrons. The third-order valence-corrected chi connectivity index (χ3v) is 5.61. The average Bonchev–Trinajstić information content (AvgIpc) is 2.55. The number of hydrogen-bond donors (Lipinski definition) is 2. The summed E-state index contributed by atoms with van der Waals surface area (Å²) >= 11 is 0. The topological polar surface area (TPSA) is 66.6 Å². The number of piperidine rings is 1. The van der Waals surface area contributed by atoms with Crippen molar-refractivity contribution < 1.29 is 9.90 Å². The molecule has 1 fully saturated rings. The summed E-state index contributed by atoms with van der Waals surface area (Å²) in [6.45, 7) is 4.03. The van der Waals surface area contributed by atoms with Crippen molar-refractivity contribution in [3.63, 3.8) is 0 Å². The van der Waals surface area contributed by atoms with Crippen LogP contribution in [0.1, 0.15) is 69.4 Å². The van der Waals surface area contributed by atoms with Crippen molar-refractivity contribution in [3.05, 3.63) is 35.4 Å². The van der Waals surface area contributed by atoms with E-state index in [-0.39, 0.29) is 12.1 Å². The van der Waals surface area contributed by atoms with Gasteiger partial charge in [-0.15, -0.1) is 0 Å². The number of carbonyl (C=O) groups is 1. The smallest absolute Gasteiger partial charge is 0.407 e. The fourth-order valence-electron chi connectivity index (χ4n) is 4.42. The van der Waals surface area contributed by atoms with E-state index in [2.05, 4.69) is 18.2 Å². The van der Waals surface area contributed by atoms with Gasteiger partial charge in [0.05, 0.1) is 0 Å². The van der Waals surface area contributed by atoms with E-state index in [4.69, 9.17) is 5.73 Å². The third-order valence-electron chi connectivity index (χ3n) is 5.61. The molecule has 3 rings (SSSR count). The summed E-state index contributed by atoms with van der Waals surface area (Å²) in [7, 11) is 0. The van der Waals surface area contributed by atoms with Gasteiger partial charge in [0.25, 0.3) is 0 Å². The van der Waals surface area contributed by atoms with E-state index >= 15 is 0 Å². The van der Waals surface area contributed by atoms with Crippen molar-refractivity contribution in [3.8, 4) is 0 Å². The molecule has 1 amide bonds. The molecule has 1 aliphatic heterocycles. The Kier molecular flexibility index (Phi) is 4.83. The number of rotatable bonds is 2. The van der Waals surface area contributed by atoms with Crippen LogP contribution in [0.2, 0.25) is 0 Å². The summed E-state index contributed by atoms with van der Waals surface area (Å²) < 4.78 is 0. The van der Waals surface area contributed by atoms with Gasteiger partial charge in [-0.3, -0.25) is 0 Å². The van der Waals surface area contributed by atoms with Crippen LogP contribution >= 0.6 is 0 Å². The van der Waals surface area contributed by atoms with Gasteiger partial charge in [-0.2, -0.15) is 0 Å². The molecule has 0 radical (unpaired) electrons. The largest absolute Gasteiger partial charge is 0.465 e. The van der Waals surface area contributed by atoms with Crippen molar-refractivity contribution in [1.82, 2.24) is 4.90 Å². The van der Waals surface area contributed by atoms with Crippen LogP contribution in [0.4, 0.5) is 10.5 Å². The van der Waals surface area contributed by atoms with E-state index in [1.165, 1.54) is 29.5 Å². The molecule has 1 aromatic rings. The quantitative estimate of drug-likeness (QED) is 0.762. The molecule has 1 heterocycles. The van der Waals surface area contributed by atoms with Crippen molar-refractivity contribution >= 4 is 17.4 Å². The van der Waals surface area contributed by atoms with Crippen molar-refractivity contribution in [1.29, 1.82) is 0 Å². The molecule has 0 spiro atoms. The van der Waals surface area contributed by atoms with Crippen molar-refractivity contribution in [2.45, 2.75) is 70.4 Å². The molecule has 1 saturated heterocycles. The van der Waals surface area contributed by atoms with Crippen LogP contribution in [0.25, 0.3) is 5.57 Å². The second-order valence-electron chi connectivity index (χ2n) is 7.38. The number of allylic oxidation sites excluding steroid dienone is 2. The zero-order valence-corrected chi connectivity index (χ0v) is 14.7. The lowest BCUT2D eigenvalue weighted by atomic mass is 9.81. The Balaban J connectivity index is 1.85. The van der Waals surface area contributed by atoms with E-state index < -0.39 is 6.09 Å². The number of anilines is 1. The minimum atomic E-state index is -0.807. The van der Waals surface area contributed by atoms with Crippen LogP contribution in [0.15, 0.2) is 24.3 Å². The van der Waals surface area contributed by atoms with Crippen LogP contribution in [-0.4, -0.2) is 28.2 Å². The molecule has 0 saturated carbocycles. The van der Waals surface area contributed by atoms with Crippen LogP contribution in [0, 0.1) is 0 Å². The predicted octanol–water partition coefficient (Wildman–Crippen LogP) is 4.86. The Morgan fingerprint density at radius 3 is 2.50 bits per heavy atom.